The molecule has 2 aromatic heterocycles. The highest BCUT2D eigenvalue weighted by atomic mass is 16.5. The van der Waals surface area contributed by atoms with E-state index in [-0.39, 0.29) is 74.9 Å². The first kappa shape index (κ1) is 69.1. The molecular formula is C78H80N8O16. The fourth-order valence-electron chi connectivity index (χ4n) is 13.8. The minimum atomic E-state index is -0.776. The number of rotatable bonds is 26. The number of carbonyl (C=O) groups excluding carboxylic acids is 8. The monoisotopic (exact) mass is 1380 g/mol. The van der Waals surface area contributed by atoms with Gasteiger partial charge in [-0.25, -0.2) is 4.99 Å². The summed E-state index contributed by atoms with van der Waals surface area (Å²) in [6, 6.07) is 27.8. The average Bonchev–Trinajstić information content (AvgIpc) is 1.54. The predicted octanol–water partition coefficient (Wildman–Crippen LogP) is 8.88. The molecule has 4 aliphatic carbocycles. The molecule has 9 atom stereocenters. The largest absolute Gasteiger partial charge is 0.496 e. The van der Waals surface area contributed by atoms with Crippen molar-refractivity contribution < 1.29 is 76.3 Å². The van der Waals surface area contributed by atoms with Crippen molar-refractivity contribution in [1.29, 1.82) is 0 Å². The van der Waals surface area contributed by atoms with Crippen LogP contribution in [0.3, 0.4) is 0 Å². The van der Waals surface area contributed by atoms with Crippen molar-refractivity contribution in [3.8, 4) is 23.0 Å². The van der Waals surface area contributed by atoms with E-state index in [0.29, 0.717) is 120 Å². The lowest BCUT2D eigenvalue weighted by atomic mass is 9.95. The molecule has 24 heteroatoms. The molecule has 6 aromatic rings. The maximum atomic E-state index is 14.7. The number of esters is 4. The summed E-state index contributed by atoms with van der Waals surface area (Å²) in [6.45, 7) is 7.91. The third-order valence-corrected chi connectivity index (χ3v) is 19.2. The molecule has 5 unspecified atom stereocenters. The molecule has 5 heterocycles. The summed E-state index contributed by atoms with van der Waals surface area (Å²) in [5.74, 6) is -7.53. The van der Waals surface area contributed by atoms with Crippen LogP contribution in [0.1, 0.15) is 99.9 Å². The minimum absolute atomic E-state index is 0.143. The molecule has 4 saturated carbocycles. The van der Waals surface area contributed by atoms with Crippen molar-refractivity contribution in [2.75, 3.05) is 76.1 Å². The normalized spacial score (nSPS) is 24.0. The lowest BCUT2D eigenvalue weighted by Gasteiger charge is -2.23. The summed E-state index contributed by atoms with van der Waals surface area (Å²) in [6.07, 6.45) is 9.78. The van der Waals surface area contributed by atoms with E-state index in [4.69, 9.17) is 42.9 Å². The number of carbonyl (C=O) groups is 8. The van der Waals surface area contributed by atoms with Crippen LogP contribution >= 0.6 is 0 Å². The van der Waals surface area contributed by atoms with E-state index in [0.717, 1.165) is 0 Å². The number of fused-ring (bicyclic) bond motifs is 7. The van der Waals surface area contributed by atoms with Crippen LogP contribution in [0.5, 0.6) is 23.0 Å². The Morgan fingerprint density at radius 2 is 0.824 bits per heavy atom. The number of allylic oxidation sites excluding steroid dienone is 3. The standard InChI is InChI=1S/C78H80N8O16/c1-9-33-101-77(93)45-37-41(45)73(89)85-49-19-14-20-50(86-74(90)42-38-46(42)78(94)102-34-10-2)64(49)66-53-27-31-57(81-53)67(69-59(95-5)21-15-22-60(69)96-6)55-29-25-51(79-55)65(52-26-30-56(80-52)68(58-32-28-54(66)82-58)70-61(97-7)23-16-24-62(70)98-8)63-47(83-71(87)39-35-43(39)75(91)99-11-3)17-13-18-48(63)84-72(88)40-36-44(40)76(92)100-12-4/h13-32,39-46,57,79,81-82H,9-12,33-38H2,1-8H3,(H,83,87)(H,84,88)(H,85,89)(H,86,90)/b65-51+,66-53+,67-55+,68-56+/t39-,40-,41?,42?,43+,44?,45+,46?,57?/m1/s1. The Balaban J connectivity index is 1.07. The van der Waals surface area contributed by atoms with Gasteiger partial charge in [-0.15, -0.1) is 0 Å². The van der Waals surface area contributed by atoms with Gasteiger partial charge in [-0.2, -0.15) is 0 Å². The van der Waals surface area contributed by atoms with Crippen LogP contribution in [-0.4, -0.2) is 124 Å². The van der Waals surface area contributed by atoms with E-state index in [1.54, 1.807) is 96.9 Å². The van der Waals surface area contributed by atoms with E-state index >= 15 is 0 Å². The number of H-pyrrole nitrogens is 2. The molecular weight excluding hydrogens is 1300 g/mol. The van der Waals surface area contributed by atoms with Crippen molar-refractivity contribution in [2.45, 2.75) is 72.3 Å². The van der Waals surface area contributed by atoms with Gasteiger partial charge in [0.1, 0.15) is 23.0 Å². The molecule has 4 aromatic carbocycles. The smallest absolute Gasteiger partial charge is 0.309 e. The Bertz CT molecular complexity index is 4550. The van der Waals surface area contributed by atoms with Crippen molar-refractivity contribution in [3.05, 3.63) is 177 Å². The molecule has 528 valence electrons. The molecule has 8 bridgehead atoms. The molecule has 4 fully saturated rings. The number of ether oxygens (including phenoxy) is 8. The fourth-order valence-corrected chi connectivity index (χ4v) is 13.8. The van der Waals surface area contributed by atoms with Crippen LogP contribution in [0.4, 0.5) is 22.7 Å². The first-order chi connectivity index (χ1) is 49.5. The molecule has 3 aliphatic heterocycles. The first-order valence-corrected chi connectivity index (χ1v) is 34.5. The molecule has 24 nitrogen and oxygen atoms in total. The Labute approximate surface area is 588 Å². The number of hydrogen-bond donors (Lipinski definition) is 7. The number of nitrogens with one attached hydrogen (secondary N) is 7. The maximum Gasteiger partial charge on any atom is 0.309 e. The number of aromatic nitrogens is 2. The zero-order valence-electron chi connectivity index (χ0n) is 57.8. The van der Waals surface area contributed by atoms with Gasteiger partial charge in [0.2, 0.25) is 23.6 Å². The van der Waals surface area contributed by atoms with Gasteiger partial charge in [-0.05, 0) is 143 Å². The number of hydrogen-bond acceptors (Lipinski definition) is 18. The summed E-state index contributed by atoms with van der Waals surface area (Å²) in [7, 11) is 6.20. The highest BCUT2D eigenvalue weighted by molar-refractivity contribution is 6.33. The molecule has 7 aliphatic rings. The maximum absolute atomic E-state index is 14.7. The Kier molecular flexibility index (Phi) is 19.9. The van der Waals surface area contributed by atoms with Crippen molar-refractivity contribution in [1.82, 2.24) is 15.3 Å². The summed E-state index contributed by atoms with van der Waals surface area (Å²) in [5.41, 5.74) is 6.80. The van der Waals surface area contributed by atoms with Gasteiger partial charge in [-0.3, -0.25) is 38.4 Å². The third kappa shape index (κ3) is 13.7. The SMILES string of the molecule is CCCOC(=O)C1CC1C(=O)Nc1cccc(NC(=O)C2C[C@@H]2C(=O)OCCC)c1/C1=C2\C=CC(N2)/C(c2c(OC)cccc2OC)=c2/cc/c([nH]2)=C(\c2c(NC(=O)[C@@H]3CC3C(=O)OCC)cccc2NC(=O)[C@@H]2C[C@@H]2C(=O)OCC)C2=N/C(=C(/c3c(OC)cccc3OC)c3ccc1[nH]3)C=C2. The van der Waals surface area contributed by atoms with Crippen LogP contribution < -0.4 is 56.2 Å². The van der Waals surface area contributed by atoms with Gasteiger partial charge in [-0.1, -0.05) is 44.2 Å². The summed E-state index contributed by atoms with van der Waals surface area (Å²) in [4.78, 5) is 124. The quantitative estimate of drug-likeness (QED) is 0.0197. The van der Waals surface area contributed by atoms with E-state index in [1.807, 2.05) is 80.6 Å². The second-order valence-electron chi connectivity index (χ2n) is 25.8. The number of aliphatic imine (C=N–C) groups is 1. The molecule has 13 rings (SSSR count). The number of aromatic amines is 2. The first-order valence-electron chi connectivity index (χ1n) is 34.5. The predicted molar refractivity (Wildman–Crippen MR) is 379 cm³/mol. The Hall–Kier alpha value is -11.4. The molecule has 102 heavy (non-hydrogen) atoms. The van der Waals surface area contributed by atoms with Gasteiger partial charge >= 0.3 is 23.9 Å². The number of nitrogens with zero attached hydrogens (tertiary/aromatic N) is 1. The van der Waals surface area contributed by atoms with Crippen LogP contribution in [0.2, 0.25) is 0 Å². The summed E-state index contributed by atoms with van der Waals surface area (Å²) >= 11 is 0. The van der Waals surface area contributed by atoms with E-state index in [2.05, 4.69) is 36.6 Å². The molecule has 7 N–H and O–H groups in total. The number of anilines is 4. The third-order valence-electron chi connectivity index (χ3n) is 19.2. The number of methoxy groups -OCH3 is 4. The topological polar surface area (TPSA) is 314 Å². The molecule has 0 radical (unpaired) electrons. The van der Waals surface area contributed by atoms with Gasteiger partial charge < -0.3 is 74.4 Å². The minimum Gasteiger partial charge on any atom is -0.496 e. The van der Waals surface area contributed by atoms with E-state index in [1.165, 1.54) is 0 Å². The van der Waals surface area contributed by atoms with Gasteiger partial charge in [0.25, 0.3) is 0 Å². The Morgan fingerprint density at radius 3 is 1.25 bits per heavy atom. The van der Waals surface area contributed by atoms with Crippen molar-refractivity contribution in [2.24, 2.45) is 52.3 Å². The average molecular weight is 1390 g/mol. The van der Waals surface area contributed by atoms with Gasteiger partial charge in [0, 0.05) is 61.2 Å². The zero-order chi connectivity index (χ0) is 71.6. The molecule has 0 spiro atoms. The Morgan fingerprint density at radius 1 is 0.422 bits per heavy atom. The second kappa shape index (κ2) is 29.4. The van der Waals surface area contributed by atoms with E-state index in [9.17, 15) is 38.4 Å². The van der Waals surface area contributed by atoms with Crippen LogP contribution in [0, 0.1) is 47.3 Å². The van der Waals surface area contributed by atoms with Crippen molar-refractivity contribution in [3.63, 3.8) is 0 Å². The zero-order valence-corrected chi connectivity index (χ0v) is 57.8. The van der Waals surface area contributed by atoms with Crippen LogP contribution in [-0.2, 0) is 57.3 Å². The van der Waals surface area contributed by atoms with E-state index < -0.39 is 101 Å². The highest BCUT2D eigenvalue weighted by Crippen LogP contribution is 2.49. The van der Waals surface area contributed by atoms with Crippen molar-refractivity contribution >= 4 is 98.3 Å². The van der Waals surface area contributed by atoms with Gasteiger partial charge in [0.15, 0.2) is 0 Å². The van der Waals surface area contributed by atoms with Crippen LogP contribution in [0.15, 0.2) is 138 Å². The van der Waals surface area contributed by atoms with Crippen LogP contribution in [0.25, 0.3) is 22.3 Å². The molecule has 0 saturated heterocycles. The second-order valence-corrected chi connectivity index (χ2v) is 25.8. The highest BCUT2D eigenvalue weighted by Gasteiger charge is 2.53. The summed E-state index contributed by atoms with van der Waals surface area (Å²) in [5, 5.41) is 17.4. The van der Waals surface area contributed by atoms with Gasteiger partial charge in [0.05, 0.1) is 154 Å². The summed E-state index contributed by atoms with van der Waals surface area (Å²) < 4.78 is 46.4. The molecule has 4 amide bonds. The lowest BCUT2D eigenvalue weighted by molar-refractivity contribution is -0.146. The number of benzene rings is 4. The number of amides is 4. The lowest BCUT2D eigenvalue weighted by Crippen LogP contribution is -2.30. The fraction of sp³-hybridized carbons (Fsp3) is 0.346.